The van der Waals surface area contributed by atoms with Gasteiger partial charge in [0.15, 0.2) is 0 Å². The topological polar surface area (TPSA) is 137 Å². The average molecular weight is 532 g/mol. The fraction of sp³-hybridized carbons (Fsp3) is 0.200. The van der Waals surface area contributed by atoms with Gasteiger partial charge in [-0.25, -0.2) is 19.9 Å². The first-order valence-corrected chi connectivity index (χ1v) is 12.9. The van der Waals surface area contributed by atoms with Gasteiger partial charge in [0.25, 0.3) is 5.56 Å². The third kappa shape index (κ3) is 5.17. The Balaban J connectivity index is 1.66. The second-order valence-corrected chi connectivity index (χ2v) is 9.50. The highest BCUT2D eigenvalue weighted by atomic mass is 16.1. The van der Waals surface area contributed by atoms with Gasteiger partial charge >= 0.3 is 0 Å². The number of anilines is 3. The quantitative estimate of drug-likeness (QED) is 0.274. The molecule has 0 aliphatic rings. The molecule has 10 heteroatoms. The molecule has 200 valence electrons. The predicted molar refractivity (Wildman–Crippen MR) is 157 cm³/mol. The van der Waals surface area contributed by atoms with Crippen molar-refractivity contribution in [3.05, 3.63) is 100 Å². The van der Waals surface area contributed by atoms with Gasteiger partial charge in [0, 0.05) is 25.1 Å². The minimum Gasteiger partial charge on any atom is -0.388 e. The van der Waals surface area contributed by atoms with Crippen LogP contribution in [0.25, 0.3) is 16.6 Å². The molecule has 0 spiro atoms. The zero-order chi connectivity index (χ0) is 28.2. The third-order valence-corrected chi connectivity index (χ3v) is 6.47. The van der Waals surface area contributed by atoms with Gasteiger partial charge in [0.1, 0.15) is 35.0 Å². The predicted octanol–water partition coefficient (Wildman–Crippen LogP) is 4.29. The monoisotopic (exact) mass is 531 g/mol. The number of nitrogens with two attached hydrogens (primary N) is 1. The lowest BCUT2D eigenvalue weighted by Gasteiger charge is -2.22. The Morgan fingerprint density at radius 3 is 2.58 bits per heavy atom. The van der Waals surface area contributed by atoms with Crippen molar-refractivity contribution in [2.24, 2.45) is 0 Å². The molecule has 2 aromatic carbocycles. The lowest BCUT2D eigenvalue weighted by atomic mass is 9.98. The van der Waals surface area contributed by atoms with Crippen LogP contribution < -0.4 is 21.9 Å². The van der Waals surface area contributed by atoms with Gasteiger partial charge in [-0.2, -0.15) is 0 Å². The fourth-order valence-corrected chi connectivity index (χ4v) is 4.49. The Morgan fingerprint density at radius 1 is 1.00 bits per heavy atom. The largest absolute Gasteiger partial charge is 0.388 e. The van der Waals surface area contributed by atoms with Crippen LogP contribution in [0.5, 0.6) is 0 Å². The van der Waals surface area contributed by atoms with E-state index in [1.807, 2.05) is 56.4 Å². The standard InChI is InChI=1S/C30H29N9O/c1-18(2)23-9-6-10-25-26(23)30(40)39(22-8-5-7-20(15-22)32-4)29(38-25)19(3)37-28-24(27(31)35-17-36-28)12-11-21-16-33-13-14-34-21/h5-10,13-19,32H,1-4H3,(H3,31,35,36,37). The highest BCUT2D eigenvalue weighted by molar-refractivity contribution is 5.82. The summed E-state index contributed by atoms with van der Waals surface area (Å²) >= 11 is 0. The van der Waals surface area contributed by atoms with Crippen molar-refractivity contribution in [1.82, 2.24) is 29.5 Å². The van der Waals surface area contributed by atoms with E-state index < -0.39 is 6.04 Å². The van der Waals surface area contributed by atoms with E-state index in [2.05, 4.69) is 56.3 Å². The molecule has 0 radical (unpaired) electrons. The van der Waals surface area contributed by atoms with Gasteiger partial charge in [-0.05, 0) is 48.6 Å². The first-order valence-electron chi connectivity index (χ1n) is 12.9. The van der Waals surface area contributed by atoms with E-state index in [9.17, 15) is 4.79 Å². The van der Waals surface area contributed by atoms with Crippen molar-refractivity contribution < 1.29 is 0 Å². The minimum absolute atomic E-state index is 0.143. The smallest absolute Gasteiger partial charge is 0.266 e. The molecular weight excluding hydrogens is 502 g/mol. The Kier molecular flexibility index (Phi) is 7.37. The molecule has 0 saturated heterocycles. The van der Waals surface area contributed by atoms with Crippen molar-refractivity contribution in [2.45, 2.75) is 32.7 Å². The number of aromatic nitrogens is 6. The highest BCUT2D eigenvalue weighted by Crippen LogP contribution is 2.27. The van der Waals surface area contributed by atoms with Crippen LogP contribution in [-0.4, -0.2) is 36.5 Å². The summed E-state index contributed by atoms with van der Waals surface area (Å²) in [6.45, 7) is 6.05. The van der Waals surface area contributed by atoms with Crippen LogP contribution >= 0.6 is 0 Å². The molecule has 4 N–H and O–H groups in total. The van der Waals surface area contributed by atoms with Crippen molar-refractivity contribution >= 4 is 28.2 Å². The van der Waals surface area contributed by atoms with Crippen LogP contribution in [0.3, 0.4) is 0 Å². The molecule has 40 heavy (non-hydrogen) atoms. The number of rotatable bonds is 6. The Bertz CT molecular complexity index is 1800. The van der Waals surface area contributed by atoms with Gasteiger partial charge < -0.3 is 16.4 Å². The van der Waals surface area contributed by atoms with E-state index in [4.69, 9.17) is 10.7 Å². The molecule has 0 bridgehead atoms. The molecule has 10 nitrogen and oxygen atoms in total. The summed E-state index contributed by atoms with van der Waals surface area (Å²) in [5.41, 5.74) is 10.1. The van der Waals surface area contributed by atoms with Crippen LogP contribution in [-0.2, 0) is 0 Å². The van der Waals surface area contributed by atoms with Crippen LogP contribution in [0.1, 0.15) is 55.4 Å². The molecule has 0 fully saturated rings. The molecule has 0 saturated carbocycles. The average Bonchev–Trinajstić information content (AvgIpc) is 2.97. The SMILES string of the molecule is CNc1cccc(-n2c(C(C)Nc3ncnc(N)c3C#Cc3cnccn3)nc3cccc(C(C)C)c3c2=O)c1. The van der Waals surface area contributed by atoms with E-state index >= 15 is 0 Å². The maximum absolute atomic E-state index is 14.2. The molecule has 1 atom stereocenters. The molecule has 3 heterocycles. The summed E-state index contributed by atoms with van der Waals surface area (Å²) in [6, 6.07) is 13.0. The number of fused-ring (bicyclic) bond motifs is 1. The second kappa shape index (κ2) is 11.2. The molecular formula is C30H29N9O. The van der Waals surface area contributed by atoms with E-state index in [0.29, 0.717) is 39.5 Å². The van der Waals surface area contributed by atoms with Crippen LogP contribution in [0.2, 0.25) is 0 Å². The zero-order valence-electron chi connectivity index (χ0n) is 22.7. The number of hydrogen-bond acceptors (Lipinski definition) is 9. The van der Waals surface area contributed by atoms with E-state index in [-0.39, 0.29) is 17.3 Å². The Labute approximate surface area is 231 Å². The Hall–Kier alpha value is -5.30. The number of nitrogens with one attached hydrogen (secondary N) is 2. The van der Waals surface area contributed by atoms with Gasteiger partial charge in [0.2, 0.25) is 0 Å². The van der Waals surface area contributed by atoms with Crippen molar-refractivity contribution in [2.75, 3.05) is 23.4 Å². The lowest BCUT2D eigenvalue weighted by Crippen LogP contribution is -2.28. The van der Waals surface area contributed by atoms with Crippen LogP contribution in [0.15, 0.2) is 72.2 Å². The van der Waals surface area contributed by atoms with E-state index in [1.54, 1.807) is 23.2 Å². The molecule has 1 unspecified atom stereocenters. The first-order chi connectivity index (χ1) is 19.4. The summed E-state index contributed by atoms with van der Waals surface area (Å²) in [7, 11) is 1.84. The van der Waals surface area contributed by atoms with Gasteiger partial charge in [0.05, 0.1) is 28.8 Å². The summed E-state index contributed by atoms with van der Waals surface area (Å²) in [5, 5.41) is 7.11. The molecule has 5 aromatic rings. The molecule has 0 aliphatic carbocycles. The lowest BCUT2D eigenvalue weighted by molar-refractivity contribution is 0.729. The van der Waals surface area contributed by atoms with Crippen molar-refractivity contribution in [1.29, 1.82) is 0 Å². The fourth-order valence-electron chi connectivity index (χ4n) is 4.49. The number of benzene rings is 2. The van der Waals surface area contributed by atoms with Gasteiger partial charge in [-0.3, -0.25) is 14.3 Å². The normalized spacial score (nSPS) is 11.6. The summed E-state index contributed by atoms with van der Waals surface area (Å²) in [5.74, 6) is 7.26. The number of nitrogens with zero attached hydrogens (tertiary/aromatic N) is 6. The summed E-state index contributed by atoms with van der Waals surface area (Å²) in [6.07, 6.45) is 6.07. The first kappa shape index (κ1) is 26.3. The molecule has 3 aromatic heterocycles. The van der Waals surface area contributed by atoms with Crippen LogP contribution in [0, 0.1) is 11.8 Å². The zero-order valence-corrected chi connectivity index (χ0v) is 22.7. The highest BCUT2D eigenvalue weighted by Gasteiger charge is 2.22. The van der Waals surface area contributed by atoms with Crippen molar-refractivity contribution in [3.8, 4) is 17.5 Å². The second-order valence-electron chi connectivity index (χ2n) is 9.50. The number of nitrogen functional groups attached to an aromatic ring is 1. The third-order valence-electron chi connectivity index (χ3n) is 6.47. The molecule has 5 rings (SSSR count). The maximum atomic E-state index is 14.2. The molecule has 0 aliphatic heterocycles. The summed E-state index contributed by atoms with van der Waals surface area (Å²) < 4.78 is 1.65. The van der Waals surface area contributed by atoms with Gasteiger partial charge in [-0.1, -0.05) is 38.0 Å². The van der Waals surface area contributed by atoms with Crippen molar-refractivity contribution in [3.63, 3.8) is 0 Å². The summed E-state index contributed by atoms with van der Waals surface area (Å²) in [4.78, 5) is 36.0. The minimum atomic E-state index is -0.468. The molecule has 0 amide bonds. The number of hydrogen-bond donors (Lipinski definition) is 3. The van der Waals surface area contributed by atoms with E-state index in [0.717, 1.165) is 11.3 Å². The van der Waals surface area contributed by atoms with E-state index in [1.165, 1.54) is 6.33 Å². The maximum Gasteiger partial charge on any atom is 0.266 e. The van der Waals surface area contributed by atoms with Gasteiger partial charge in [-0.15, -0.1) is 0 Å². The van der Waals surface area contributed by atoms with Crippen LogP contribution in [0.4, 0.5) is 17.3 Å². The Morgan fingerprint density at radius 2 is 1.82 bits per heavy atom.